The number of rotatable bonds is 3. The van der Waals surface area contributed by atoms with E-state index in [0.717, 1.165) is 24.3 Å². The number of oxime groups is 1. The largest absolute Gasteiger partial charge is 0.497 e. The summed E-state index contributed by atoms with van der Waals surface area (Å²) in [5.74, 6) is 0.979. The minimum Gasteiger partial charge on any atom is -0.497 e. The quantitative estimate of drug-likeness (QED) is 0.932. The van der Waals surface area contributed by atoms with Crippen molar-refractivity contribution in [2.45, 2.75) is 45.8 Å². The number of carbonyl (C=O) groups is 1. The molecule has 124 valence electrons. The average Bonchev–Trinajstić information content (AvgIpc) is 3.09. The van der Waals surface area contributed by atoms with Crippen LogP contribution in [0.4, 0.5) is 0 Å². The number of carbonyl (C=O) groups excluding carboxylic acids is 1. The molecule has 1 heterocycles. The zero-order chi connectivity index (χ0) is 16.6. The Hall–Kier alpha value is -2.04. The molecular formula is C18H24N2O3. The first-order valence-corrected chi connectivity index (χ1v) is 8.09. The summed E-state index contributed by atoms with van der Waals surface area (Å²) in [4.78, 5) is 18.1. The fourth-order valence-electron chi connectivity index (χ4n) is 3.43. The number of amides is 1. The highest BCUT2D eigenvalue weighted by Crippen LogP contribution is 2.40. The first-order valence-electron chi connectivity index (χ1n) is 8.09. The van der Waals surface area contributed by atoms with Crippen LogP contribution >= 0.6 is 0 Å². The fourth-order valence-corrected chi connectivity index (χ4v) is 3.43. The zero-order valence-corrected chi connectivity index (χ0v) is 14.1. The Morgan fingerprint density at radius 2 is 1.96 bits per heavy atom. The van der Waals surface area contributed by atoms with Crippen molar-refractivity contribution < 1.29 is 14.4 Å². The van der Waals surface area contributed by atoms with Crippen molar-refractivity contribution in [2.24, 2.45) is 16.5 Å². The van der Waals surface area contributed by atoms with Gasteiger partial charge in [0.25, 0.3) is 5.91 Å². The number of nitrogens with zero attached hydrogens (tertiary/aromatic N) is 1. The molecule has 0 unspecified atom stereocenters. The summed E-state index contributed by atoms with van der Waals surface area (Å²) in [6, 6.07) is 7.14. The lowest BCUT2D eigenvalue weighted by Crippen LogP contribution is -2.42. The molecule has 5 heteroatoms. The molecule has 5 nitrogen and oxygen atoms in total. The van der Waals surface area contributed by atoms with Crippen LogP contribution in [0.2, 0.25) is 0 Å². The maximum Gasteiger partial charge on any atom is 0.251 e. The van der Waals surface area contributed by atoms with Gasteiger partial charge < -0.3 is 14.9 Å². The number of nitrogens with one attached hydrogen (secondary N) is 1. The number of hydrogen-bond acceptors (Lipinski definition) is 4. The maximum absolute atomic E-state index is 12.4. The van der Waals surface area contributed by atoms with E-state index in [2.05, 4.69) is 31.2 Å². The van der Waals surface area contributed by atoms with Crippen LogP contribution in [-0.4, -0.2) is 30.9 Å². The van der Waals surface area contributed by atoms with Crippen LogP contribution in [0.1, 0.15) is 44.0 Å². The molecule has 3 rings (SSSR count). The normalized spacial score (nSPS) is 26.3. The number of fused-ring (bicyclic) bond motifs is 1. The van der Waals surface area contributed by atoms with Gasteiger partial charge in [0.15, 0.2) is 6.10 Å². The lowest BCUT2D eigenvalue weighted by molar-refractivity contribution is 0.0504. The summed E-state index contributed by atoms with van der Waals surface area (Å²) in [5.41, 5.74) is 1.75. The van der Waals surface area contributed by atoms with Gasteiger partial charge >= 0.3 is 0 Å². The highest BCUT2D eigenvalue weighted by atomic mass is 16.6. The molecule has 1 fully saturated rings. The number of ether oxygens (including phenoxy) is 1. The van der Waals surface area contributed by atoms with E-state index in [1.54, 1.807) is 31.4 Å². The number of methoxy groups -OCH3 is 1. The van der Waals surface area contributed by atoms with Crippen LogP contribution in [-0.2, 0) is 4.84 Å². The van der Waals surface area contributed by atoms with Crippen molar-refractivity contribution in [3.8, 4) is 5.75 Å². The summed E-state index contributed by atoms with van der Waals surface area (Å²) < 4.78 is 5.12. The van der Waals surface area contributed by atoms with Crippen molar-refractivity contribution in [2.75, 3.05) is 7.11 Å². The van der Waals surface area contributed by atoms with E-state index in [9.17, 15) is 4.79 Å². The summed E-state index contributed by atoms with van der Waals surface area (Å²) in [6.45, 7) is 6.46. The third kappa shape index (κ3) is 3.05. The first-order chi connectivity index (χ1) is 10.9. The average molecular weight is 316 g/mol. The van der Waals surface area contributed by atoms with Gasteiger partial charge in [-0.1, -0.05) is 25.9 Å². The van der Waals surface area contributed by atoms with Crippen molar-refractivity contribution in [3.05, 3.63) is 29.8 Å². The molecule has 0 saturated heterocycles. The monoisotopic (exact) mass is 316 g/mol. The molecule has 1 aliphatic carbocycles. The third-order valence-electron chi connectivity index (χ3n) is 4.64. The lowest BCUT2D eigenvalue weighted by Gasteiger charge is -2.22. The molecule has 0 radical (unpaired) electrons. The smallest absolute Gasteiger partial charge is 0.251 e. The molecule has 1 amide bonds. The maximum atomic E-state index is 12.4. The van der Waals surface area contributed by atoms with Gasteiger partial charge in [0.1, 0.15) is 5.75 Å². The van der Waals surface area contributed by atoms with Gasteiger partial charge in [-0.05, 0) is 37.1 Å². The van der Waals surface area contributed by atoms with Crippen LogP contribution in [0.25, 0.3) is 0 Å². The number of benzene rings is 1. The lowest BCUT2D eigenvalue weighted by atomic mass is 9.81. The second-order valence-electron chi connectivity index (χ2n) is 7.29. The highest BCUT2D eigenvalue weighted by Gasteiger charge is 2.48. The van der Waals surface area contributed by atoms with Crippen molar-refractivity contribution in [3.63, 3.8) is 0 Å². The van der Waals surface area contributed by atoms with Crippen molar-refractivity contribution >= 4 is 11.6 Å². The van der Waals surface area contributed by atoms with E-state index in [4.69, 9.17) is 9.57 Å². The predicted molar refractivity (Wildman–Crippen MR) is 88.7 cm³/mol. The van der Waals surface area contributed by atoms with Crippen molar-refractivity contribution in [1.29, 1.82) is 0 Å². The molecule has 0 spiro atoms. The number of hydrogen-bond donors (Lipinski definition) is 1. The Kier molecular flexibility index (Phi) is 4.04. The molecule has 0 bridgehead atoms. The Morgan fingerprint density at radius 3 is 2.57 bits per heavy atom. The molecule has 1 N–H and O–H groups in total. The molecular weight excluding hydrogens is 292 g/mol. The Morgan fingerprint density at radius 1 is 1.26 bits per heavy atom. The molecule has 0 aromatic heterocycles. The summed E-state index contributed by atoms with van der Waals surface area (Å²) >= 11 is 0. The van der Waals surface area contributed by atoms with Crippen molar-refractivity contribution in [1.82, 2.24) is 5.32 Å². The SMILES string of the molecule is COc1ccc(C(=O)N[C@H]2CC[C@H]3C(C(C)(C)C)=NO[C@@H]23)cc1. The van der Waals surface area contributed by atoms with E-state index in [0.29, 0.717) is 11.5 Å². The van der Waals surface area contributed by atoms with E-state index < -0.39 is 0 Å². The molecule has 1 saturated carbocycles. The standard InChI is InChI=1S/C18H24N2O3/c1-18(2,3)16-13-9-10-14(15(13)23-20-16)19-17(21)11-5-7-12(22-4)8-6-11/h5-8,13-15H,9-10H2,1-4H3,(H,19,21)/t13-,14+,15-/m1/s1. The van der Waals surface area contributed by atoms with E-state index in [1.165, 1.54) is 0 Å². The first kappa shape index (κ1) is 15.8. The molecule has 1 aromatic rings. The molecule has 23 heavy (non-hydrogen) atoms. The predicted octanol–water partition coefficient (Wildman–Crippen LogP) is 3.00. The highest BCUT2D eigenvalue weighted by molar-refractivity contribution is 5.95. The van der Waals surface area contributed by atoms with E-state index in [-0.39, 0.29) is 23.5 Å². The van der Waals surface area contributed by atoms with Gasteiger partial charge in [0.05, 0.1) is 18.9 Å². The summed E-state index contributed by atoms with van der Waals surface area (Å²) in [5, 5.41) is 7.39. The molecule has 1 aliphatic heterocycles. The van der Waals surface area contributed by atoms with E-state index >= 15 is 0 Å². The van der Waals surface area contributed by atoms with Gasteiger partial charge in [0, 0.05) is 16.9 Å². The van der Waals surface area contributed by atoms with Crippen LogP contribution in [0.15, 0.2) is 29.4 Å². The van der Waals surface area contributed by atoms with Gasteiger partial charge in [-0.25, -0.2) is 0 Å². The van der Waals surface area contributed by atoms with Gasteiger partial charge in [-0.3, -0.25) is 4.79 Å². The zero-order valence-electron chi connectivity index (χ0n) is 14.1. The molecule has 2 aliphatic rings. The second-order valence-corrected chi connectivity index (χ2v) is 7.29. The molecule has 3 atom stereocenters. The second kappa shape index (κ2) is 5.87. The Labute approximate surface area is 137 Å². The van der Waals surface area contributed by atoms with E-state index in [1.807, 2.05) is 0 Å². The Balaban J connectivity index is 1.65. The van der Waals surface area contributed by atoms with Crippen LogP contribution in [0.3, 0.4) is 0 Å². The fraction of sp³-hybridized carbons (Fsp3) is 0.556. The summed E-state index contributed by atoms with van der Waals surface area (Å²) in [7, 11) is 1.61. The third-order valence-corrected chi connectivity index (χ3v) is 4.64. The Bertz CT molecular complexity index is 616. The van der Waals surface area contributed by atoms with Gasteiger partial charge in [0.2, 0.25) is 0 Å². The molecule has 1 aromatic carbocycles. The topological polar surface area (TPSA) is 59.9 Å². The minimum absolute atomic E-state index is 0.00823. The van der Waals surface area contributed by atoms with Crippen LogP contribution < -0.4 is 10.1 Å². The van der Waals surface area contributed by atoms with Crippen LogP contribution in [0, 0.1) is 11.3 Å². The summed E-state index contributed by atoms with van der Waals surface area (Å²) in [6.07, 6.45) is 1.90. The van der Waals surface area contributed by atoms with Gasteiger partial charge in [-0.15, -0.1) is 0 Å². The van der Waals surface area contributed by atoms with Gasteiger partial charge in [-0.2, -0.15) is 0 Å². The minimum atomic E-state index is -0.0777. The van der Waals surface area contributed by atoms with Crippen LogP contribution in [0.5, 0.6) is 5.75 Å².